The first kappa shape index (κ1) is 46.6. The molecule has 66 heavy (non-hydrogen) atoms. The van der Waals surface area contributed by atoms with Crippen molar-refractivity contribution in [3.8, 4) is 0 Å². The third kappa shape index (κ3) is 10.1. The highest BCUT2D eigenvalue weighted by Gasteiger charge is 2.42. The summed E-state index contributed by atoms with van der Waals surface area (Å²) in [7, 11) is 0. The van der Waals surface area contributed by atoms with Crippen molar-refractivity contribution in [2.24, 2.45) is 5.73 Å². The summed E-state index contributed by atoms with van der Waals surface area (Å²) >= 11 is 0. The molecule has 4 aliphatic heterocycles. The topological polar surface area (TPSA) is 260 Å². The molecule has 27 heteroatoms. The van der Waals surface area contributed by atoms with Crippen LogP contribution in [0.15, 0.2) is 61.2 Å². The molecule has 0 aliphatic carbocycles. The van der Waals surface area contributed by atoms with Gasteiger partial charge in [0.1, 0.15) is 17.0 Å². The number of anilines is 6. The van der Waals surface area contributed by atoms with Crippen molar-refractivity contribution in [3.63, 3.8) is 0 Å². The number of alkyl halides is 6. The number of H-pyrrole nitrogens is 2. The van der Waals surface area contributed by atoms with E-state index in [0.29, 0.717) is 48.9 Å². The van der Waals surface area contributed by atoms with Gasteiger partial charge in [0.15, 0.2) is 23.1 Å². The van der Waals surface area contributed by atoms with E-state index in [9.17, 15) is 50.6 Å². The number of hydrogen-bond donors (Lipinski definition) is 6. The number of aromatic nitrogens is 8. The van der Waals surface area contributed by atoms with Crippen molar-refractivity contribution in [1.29, 1.82) is 0 Å². The second-order valence-electron chi connectivity index (χ2n) is 15.1. The minimum Gasteiger partial charge on any atom is -0.477 e. The third-order valence-electron chi connectivity index (χ3n) is 10.8. The quantitative estimate of drug-likeness (QED) is 0.0812. The fraction of sp³-hybridized carbons (Fsp3) is 0.333. The minimum absolute atomic E-state index is 0. The highest BCUT2D eigenvalue weighted by atomic mass is 35.5. The first-order valence-corrected chi connectivity index (χ1v) is 19.9. The van der Waals surface area contributed by atoms with Crippen LogP contribution in [0.25, 0.3) is 22.1 Å². The minimum atomic E-state index is -4.43. The van der Waals surface area contributed by atoms with Crippen LogP contribution < -0.4 is 36.0 Å². The predicted molar refractivity (Wildman–Crippen MR) is 229 cm³/mol. The number of nitrogens with two attached hydrogens (primary N) is 1. The Labute approximate surface area is 374 Å². The van der Waals surface area contributed by atoms with Crippen molar-refractivity contribution in [2.75, 3.05) is 63.0 Å². The van der Waals surface area contributed by atoms with Gasteiger partial charge in [-0.2, -0.15) is 36.3 Å². The van der Waals surface area contributed by atoms with Gasteiger partial charge in [0, 0.05) is 68.2 Å². The number of Topliss-reactive ketones (excluding diaryl/α,β-unsaturated/α-hetero) is 1. The molecular formula is C39H38ClF6N15O5. The summed E-state index contributed by atoms with van der Waals surface area (Å²) in [5.74, 6) is -0.988. The second kappa shape index (κ2) is 18.6. The number of aromatic amines is 2. The molecule has 0 radical (unpaired) electrons. The first-order chi connectivity index (χ1) is 30.9. The fourth-order valence-electron chi connectivity index (χ4n) is 7.71. The summed E-state index contributed by atoms with van der Waals surface area (Å²) in [4.78, 5) is 88.2. The number of carboxylic acid groups (broad SMARTS) is 1. The predicted octanol–water partition coefficient (Wildman–Crippen LogP) is 6.12. The molecule has 0 spiro atoms. The molecule has 10 heterocycles. The Kier molecular flexibility index (Phi) is 13.2. The number of aromatic carboxylic acids is 1. The van der Waals surface area contributed by atoms with Gasteiger partial charge in [0.2, 0.25) is 11.9 Å². The molecule has 4 bridgehead atoms. The normalized spacial score (nSPS) is 16.9. The number of fused-ring (bicyclic) bond motifs is 10. The molecule has 2 fully saturated rings. The number of carbonyl (C=O) groups is 4. The van der Waals surface area contributed by atoms with Crippen LogP contribution in [0.4, 0.5) is 70.8 Å². The van der Waals surface area contributed by atoms with Gasteiger partial charge in [0.05, 0.1) is 36.4 Å². The highest BCUT2D eigenvalue weighted by molar-refractivity contribution is 6.06. The lowest BCUT2D eigenvalue weighted by molar-refractivity contribution is -0.133. The summed E-state index contributed by atoms with van der Waals surface area (Å²) in [6, 6.07) is 8.63. The maximum Gasteiger partial charge on any atom is 0.400 e. The summed E-state index contributed by atoms with van der Waals surface area (Å²) < 4.78 is 69.5. The van der Waals surface area contributed by atoms with Gasteiger partial charge in [0.25, 0.3) is 0 Å². The van der Waals surface area contributed by atoms with E-state index in [-0.39, 0.29) is 53.6 Å². The molecule has 4 amide bonds. The molecule has 2 saturated heterocycles. The molecule has 10 rings (SSSR count). The third-order valence-corrected chi connectivity index (χ3v) is 10.8. The Hall–Kier alpha value is -7.35. The lowest BCUT2D eigenvalue weighted by atomic mass is 10.1. The highest BCUT2D eigenvalue weighted by Crippen LogP contribution is 2.41. The van der Waals surface area contributed by atoms with E-state index in [1.807, 2.05) is 11.0 Å². The summed E-state index contributed by atoms with van der Waals surface area (Å²) in [5.41, 5.74) is 6.58. The zero-order valence-corrected chi connectivity index (χ0v) is 34.9. The lowest BCUT2D eigenvalue weighted by Gasteiger charge is -2.35. The van der Waals surface area contributed by atoms with E-state index >= 15 is 0 Å². The van der Waals surface area contributed by atoms with Crippen molar-refractivity contribution < 1.29 is 50.6 Å². The Balaban J connectivity index is 0.000000174. The van der Waals surface area contributed by atoms with Gasteiger partial charge in [-0.05, 0) is 49.2 Å². The van der Waals surface area contributed by atoms with Gasteiger partial charge < -0.3 is 30.6 Å². The van der Waals surface area contributed by atoms with Gasteiger partial charge in [-0.15, -0.1) is 12.4 Å². The monoisotopic (exact) mass is 945 g/mol. The molecule has 20 nitrogen and oxygen atoms in total. The zero-order chi connectivity index (χ0) is 46.2. The number of amides is 4. The van der Waals surface area contributed by atoms with Gasteiger partial charge in [-0.3, -0.25) is 25.2 Å². The lowest BCUT2D eigenvalue weighted by Crippen LogP contribution is -2.48. The molecule has 6 aromatic heterocycles. The molecule has 348 valence electrons. The molecule has 6 aromatic rings. The van der Waals surface area contributed by atoms with Crippen molar-refractivity contribution in [1.82, 2.24) is 39.9 Å². The average Bonchev–Trinajstić information content (AvgIpc) is 4.10. The van der Waals surface area contributed by atoms with E-state index in [0.717, 1.165) is 29.4 Å². The Morgan fingerprint density at radius 1 is 0.697 bits per heavy atom. The van der Waals surface area contributed by atoms with Crippen molar-refractivity contribution in [3.05, 3.63) is 72.6 Å². The summed E-state index contributed by atoms with van der Waals surface area (Å²) in [6.45, 7) is 1.55. The Bertz CT molecular complexity index is 2790. The number of urea groups is 2. The smallest absolute Gasteiger partial charge is 0.400 e. The number of nitrogens with zero attached hydrogens (tertiary/aromatic N) is 10. The fourth-order valence-corrected chi connectivity index (χ4v) is 7.71. The number of nitrogens with one attached hydrogen (secondary N) is 4. The Morgan fingerprint density at radius 2 is 1.15 bits per heavy atom. The first-order valence-electron chi connectivity index (χ1n) is 19.9. The van der Waals surface area contributed by atoms with Crippen LogP contribution in [0.5, 0.6) is 0 Å². The molecule has 2 atom stereocenters. The van der Waals surface area contributed by atoms with E-state index in [4.69, 9.17) is 0 Å². The van der Waals surface area contributed by atoms with Gasteiger partial charge in [-0.25, -0.2) is 34.3 Å². The van der Waals surface area contributed by atoms with Gasteiger partial charge in [-0.1, -0.05) is 0 Å². The number of carboxylic acids is 1. The summed E-state index contributed by atoms with van der Waals surface area (Å²) in [6.07, 6.45) is -2.40. The van der Waals surface area contributed by atoms with Crippen molar-refractivity contribution >= 4 is 93.2 Å². The molecule has 0 aromatic carbocycles. The SMILES string of the molecule is Cl.NCC(F)(F)F.O=C(CCC(F)(F)F)c1ccc2c(n1)N(C(=O)Nc1ncc3cc[nH]c3n1)[C@H]1CCN2C1.O=C(O)c1ccc2c(n1)N(C(=O)Nc1ncc3cc[nH]c3n1)[C@H]1CCN2C1. The standard InChI is InChI=1S/C20H18F3N7O2.C17H15N7O3.C2H4F3N.ClH/c21-20(22,23)6-3-15(31)13-1-2-14-17(26-13)30(12-5-8-29(14)10-12)19(32)28-18-25-9-11-4-7-24-16(11)27-18;25-15(26)11-1-2-12-14(20-11)24(10-4-6-23(12)8-10)17(27)22-16-19-7-9-3-5-18-13(9)21-16;3-2(4,5)1-6;/h1-2,4,7,9,12H,3,5-6,8,10H2,(H2,24,25,27,28,32);1-3,5,7,10H,4,6,8H2,(H,25,26)(H2,18,19,21,22,27);1,6H2;1H/t12-;10-;;/m00../s1. The number of pyridine rings is 2. The van der Waals surface area contributed by atoms with E-state index < -0.39 is 55.6 Å². The van der Waals surface area contributed by atoms with Crippen LogP contribution in [0.1, 0.15) is 46.7 Å². The van der Waals surface area contributed by atoms with E-state index in [2.05, 4.69) is 61.1 Å². The largest absolute Gasteiger partial charge is 0.477 e. The number of halogens is 7. The van der Waals surface area contributed by atoms with E-state index in [1.54, 1.807) is 43.0 Å². The van der Waals surface area contributed by atoms with Crippen LogP contribution in [-0.2, 0) is 0 Å². The molecule has 7 N–H and O–H groups in total. The average molecular weight is 946 g/mol. The maximum atomic E-state index is 13.2. The molecular weight excluding hydrogens is 908 g/mol. The maximum absolute atomic E-state index is 13.2. The number of rotatable bonds is 6. The van der Waals surface area contributed by atoms with Crippen LogP contribution in [0.3, 0.4) is 0 Å². The number of hydrogen-bond acceptors (Lipinski definition) is 13. The number of ketones is 1. The second-order valence-corrected chi connectivity index (χ2v) is 15.1. The Morgan fingerprint density at radius 3 is 1.59 bits per heavy atom. The van der Waals surface area contributed by atoms with Crippen molar-refractivity contribution in [2.45, 2.75) is 50.1 Å². The zero-order valence-electron chi connectivity index (χ0n) is 34.1. The van der Waals surface area contributed by atoms with Crippen LogP contribution in [0.2, 0.25) is 0 Å². The van der Waals surface area contributed by atoms with Gasteiger partial charge >= 0.3 is 30.4 Å². The summed E-state index contributed by atoms with van der Waals surface area (Å²) in [5, 5.41) is 16.3. The van der Waals surface area contributed by atoms with Crippen LogP contribution in [0, 0.1) is 0 Å². The molecule has 0 unspecified atom stereocenters. The van der Waals surface area contributed by atoms with Crippen LogP contribution in [-0.4, -0.2) is 126 Å². The van der Waals surface area contributed by atoms with Crippen LogP contribution >= 0.6 is 12.4 Å². The molecule has 0 saturated carbocycles. The van der Waals surface area contributed by atoms with E-state index in [1.165, 1.54) is 21.9 Å². The molecule has 4 aliphatic rings. The number of carbonyl (C=O) groups excluding carboxylic acids is 3.